The molecule has 0 rings (SSSR count). The summed E-state index contributed by atoms with van der Waals surface area (Å²) in [6.45, 7) is 5.68. The molecular weight excluding hydrogens is 303 g/mol. The first-order chi connectivity index (χ1) is 8.09. The first-order valence-corrected chi connectivity index (χ1v) is 6.61. The Labute approximate surface area is 156 Å². The molecule has 7 nitrogen and oxygen atoms in total. The van der Waals surface area contributed by atoms with Gasteiger partial charge in [0.05, 0.1) is 11.7 Å². The van der Waals surface area contributed by atoms with Crippen molar-refractivity contribution in [1.82, 2.24) is 0 Å². The molecule has 0 aromatic carbocycles. The molecule has 0 fully saturated rings. The zero-order chi connectivity index (χ0) is 14.5. The van der Waals surface area contributed by atoms with Crippen molar-refractivity contribution in [2.45, 2.75) is 31.6 Å². The van der Waals surface area contributed by atoms with Crippen LogP contribution in [0, 0.1) is 5.92 Å². The molecule has 19 heavy (non-hydrogen) atoms. The predicted molar refractivity (Wildman–Crippen MR) is 63.6 cm³/mol. The first-order valence-electron chi connectivity index (χ1n) is 5.10. The Bertz CT molecular complexity index is 437. The number of carboxylic acids is 1. The van der Waals surface area contributed by atoms with Crippen LogP contribution < -0.4 is 51.4 Å². The van der Waals surface area contributed by atoms with Crippen molar-refractivity contribution in [3.8, 4) is 0 Å². The molecule has 0 radical (unpaired) electrons. The third-order valence-corrected chi connectivity index (χ3v) is 3.84. The van der Waals surface area contributed by atoms with Crippen LogP contribution in [0.4, 0.5) is 0 Å². The Morgan fingerprint density at radius 2 is 1.89 bits per heavy atom. The van der Waals surface area contributed by atoms with E-state index in [1.54, 1.807) is 0 Å². The molecular formula is C10H17KO7S. The summed E-state index contributed by atoms with van der Waals surface area (Å²) in [7, 11) is -4.42. The minimum Gasteiger partial charge on any atom is -1.00 e. The Morgan fingerprint density at radius 1 is 1.42 bits per heavy atom. The van der Waals surface area contributed by atoms with Gasteiger partial charge in [0, 0.05) is 12.0 Å². The van der Waals surface area contributed by atoms with Crippen molar-refractivity contribution in [3.63, 3.8) is 0 Å². The van der Waals surface area contributed by atoms with Crippen LogP contribution in [-0.2, 0) is 24.4 Å². The molecule has 0 aliphatic rings. The summed E-state index contributed by atoms with van der Waals surface area (Å²) in [5.74, 6) is -3.10. The van der Waals surface area contributed by atoms with E-state index in [9.17, 15) is 18.0 Å². The summed E-state index contributed by atoms with van der Waals surface area (Å²) in [5.41, 5.74) is 0. The number of carboxylic acid groups (broad SMARTS) is 1. The van der Waals surface area contributed by atoms with Gasteiger partial charge in [0.15, 0.2) is 0 Å². The molecule has 0 bridgehead atoms. The summed E-state index contributed by atoms with van der Waals surface area (Å²) < 4.78 is 35.7. The SMILES string of the molecule is C=CC(=O)OC(C)C(CC(=O)O)C(C)S(=O)(=O)O.[H-].[K+]. The van der Waals surface area contributed by atoms with Gasteiger partial charge in [-0.3, -0.25) is 9.35 Å². The Balaban J connectivity index is -0.00000144. The second-order valence-electron chi connectivity index (χ2n) is 3.83. The third-order valence-electron chi connectivity index (χ3n) is 2.55. The van der Waals surface area contributed by atoms with Crippen molar-refractivity contribution >= 4 is 22.1 Å². The maximum absolute atomic E-state index is 11.0. The molecule has 3 atom stereocenters. The van der Waals surface area contributed by atoms with Crippen molar-refractivity contribution in [2.75, 3.05) is 0 Å². The number of hydrogen-bond acceptors (Lipinski definition) is 5. The van der Waals surface area contributed by atoms with Gasteiger partial charge in [-0.15, -0.1) is 0 Å². The van der Waals surface area contributed by atoms with Crippen molar-refractivity contribution < 1.29 is 85.2 Å². The molecule has 9 heteroatoms. The minimum absolute atomic E-state index is 0. The van der Waals surface area contributed by atoms with Crippen molar-refractivity contribution in [1.29, 1.82) is 0 Å². The quantitative estimate of drug-likeness (QED) is 0.232. The largest absolute Gasteiger partial charge is 1.00 e. The number of hydrogen-bond donors (Lipinski definition) is 2. The zero-order valence-electron chi connectivity index (χ0n) is 12.1. The number of ether oxygens (including phenoxy) is 1. The molecule has 0 aromatic rings. The fourth-order valence-electron chi connectivity index (χ4n) is 1.45. The summed E-state index contributed by atoms with van der Waals surface area (Å²) in [6, 6.07) is 0. The summed E-state index contributed by atoms with van der Waals surface area (Å²) in [5, 5.41) is 7.34. The van der Waals surface area contributed by atoms with Crippen LogP contribution in [0.3, 0.4) is 0 Å². The van der Waals surface area contributed by atoms with E-state index >= 15 is 0 Å². The fraction of sp³-hybridized carbons (Fsp3) is 0.600. The average Bonchev–Trinajstić information content (AvgIpc) is 2.22. The van der Waals surface area contributed by atoms with Gasteiger partial charge in [-0.05, 0) is 13.8 Å². The Hall–Kier alpha value is 0.226. The molecule has 0 aliphatic carbocycles. The number of aliphatic carboxylic acids is 1. The molecule has 0 heterocycles. The fourth-order valence-corrected chi connectivity index (χ4v) is 2.21. The maximum atomic E-state index is 11.0. The second-order valence-corrected chi connectivity index (χ2v) is 5.60. The van der Waals surface area contributed by atoms with Gasteiger partial charge >= 0.3 is 63.3 Å². The molecule has 0 spiro atoms. The molecule has 106 valence electrons. The molecule has 0 amide bonds. The van der Waals surface area contributed by atoms with E-state index in [1.165, 1.54) is 6.92 Å². The molecule has 0 aromatic heterocycles. The number of carbonyl (C=O) groups excluding carboxylic acids is 1. The van der Waals surface area contributed by atoms with Crippen molar-refractivity contribution in [2.24, 2.45) is 5.92 Å². The summed E-state index contributed by atoms with van der Waals surface area (Å²) in [6.07, 6.45) is -0.651. The summed E-state index contributed by atoms with van der Waals surface area (Å²) >= 11 is 0. The first kappa shape index (κ1) is 21.5. The Kier molecular flexibility index (Phi) is 10.4. The molecule has 3 unspecified atom stereocenters. The smallest absolute Gasteiger partial charge is 1.00 e. The van der Waals surface area contributed by atoms with E-state index in [-0.39, 0.29) is 52.8 Å². The topological polar surface area (TPSA) is 118 Å². The van der Waals surface area contributed by atoms with Crippen LogP contribution in [0.15, 0.2) is 12.7 Å². The maximum Gasteiger partial charge on any atom is 1.00 e. The number of esters is 1. The Morgan fingerprint density at radius 3 is 2.21 bits per heavy atom. The van der Waals surface area contributed by atoms with Crippen LogP contribution in [0.5, 0.6) is 0 Å². The van der Waals surface area contributed by atoms with Gasteiger partial charge in [-0.2, -0.15) is 8.42 Å². The van der Waals surface area contributed by atoms with Gasteiger partial charge in [-0.25, -0.2) is 4.79 Å². The predicted octanol–water partition coefficient (Wildman–Crippen LogP) is -2.41. The van der Waals surface area contributed by atoms with Crippen LogP contribution in [0.2, 0.25) is 0 Å². The van der Waals surface area contributed by atoms with Crippen LogP contribution >= 0.6 is 0 Å². The van der Waals surface area contributed by atoms with Gasteiger partial charge in [0.1, 0.15) is 6.10 Å². The van der Waals surface area contributed by atoms with Crippen LogP contribution in [-0.4, -0.2) is 41.4 Å². The van der Waals surface area contributed by atoms with E-state index < -0.39 is 45.7 Å². The monoisotopic (exact) mass is 320 g/mol. The van der Waals surface area contributed by atoms with Crippen LogP contribution in [0.25, 0.3) is 0 Å². The van der Waals surface area contributed by atoms with Crippen LogP contribution in [0.1, 0.15) is 21.7 Å². The second kappa shape index (κ2) is 9.22. The standard InChI is InChI=1S/C10H16O7S.K.H/c1-4-10(13)17-6(2)8(5-9(11)12)7(3)18(14,15)16;;/h4,6-8H,1,5H2,2-3H3,(H,11,12)(H,14,15,16);;/q;+1;-1. The normalized spacial score (nSPS) is 15.5. The van der Waals surface area contributed by atoms with Crippen molar-refractivity contribution in [3.05, 3.63) is 12.7 Å². The average molecular weight is 320 g/mol. The third kappa shape index (κ3) is 8.18. The molecule has 0 aliphatic heterocycles. The van der Waals surface area contributed by atoms with Gasteiger partial charge in [0.2, 0.25) is 0 Å². The molecule has 0 saturated heterocycles. The minimum atomic E-state index is -4.42. The zero-order valence-corrected chi connectivity index (χ0v) is 15.0. The van der Waals surface area contributed by atoms with E-state index in [0.29, 0.717) is 0 Å². The molecule has 0 saturated carbocycles. The number of carbonyl (C=O) groups is 2. The van der Waals surface area contributed by atoms with E-state index in [1.807, 2.05) is 0 Å². The van der Waals surface area contributed by atoms with E-state index in [2.05, 4.69) is 6.58 Å². The number of rotatable bonds is 7. The molecule has 2 N–H and O–H groups in total. The van der Waals surface area contributed by atoms with E-state index in [0.717, 1.165) is 13.0 Å². The van der Waals surface area contributed by atoms with E-state index in [4.69, 9.17) is 14.4 Å². The van der Waals surface area contributed by atoms with Gasteiger partial charge in [0.25, 0.3) is 10.1 Å². The van der Waals surface area contributed by atoms with Gasteiger partial charge in [-0.1, -0.05) is 6.58 Å². The van der Waals surface area contributed by atoms with Gasteiger partial charge < -0.3 is 11.3 Å². The summed E-state index contributed by atoms with van der Waals surface area (Å²) in [4.78, 5) is 21.6.